The Morgan fingerprint density at radius 3 is 2.38 bits per heavy atom. The number of nitrogens with one attached hydrogen (secondary N) is 1. The summed E-state index contributed by atoms with van der Waals surface area (Å²) in [4.78, 5) is 23.7. The van der Waals surface area contributed by atoms with E-state index in [1.165, 1.54) is 35.3 Å². The molecule has 2 heterocycles. The van der Waals surface area contributed by atoms with Gasteiger partial charge in [0.25, 0.3) is 0 Å². The molecule has 0 bridgehead atoms. The van der Waals surface area contributed by atoms with E-state index in [1.54, 1.807) is 40.9 Å². The Balaban J connectivity index is 1.25. The number of aromatic nitrogens is 3. The van der Waals surface area contributed by atoms with Gasteiger partial charge in [-0.3, -0.25) is 4.90 Å². The van der Waals surface area contributed by atoms with Crippen LogP contribution in [0.4, 0.5) is 29.3 Å². The number of ether oxygens (including phenoxy) is 1. The zero-order chi connectivity index (χ0) is 27.6. The third kappa shape index (κ3) is 6.23. The lowest BCUT2D eigenvalue weighted by Gasteiger charge is -2.17. The molecule has 1 fully saturated rings. The number of carbonyl (C=O) groups is 1. The highest BCUT2D eigenvalue weighted by Gasteiger charge is 2.31. The highest BCUT2D eigenvalue weighted by atomic mass is 32.2. The van der Waals surface area contributed by atoms with Gasteiger partial charge in [0, 0.05) is 23.5 Å². The largest absolute Gasteiger partial charge is 0.573 e. The number of carbonyl (C=O) groups excluding carboxylic acids is 1. The normalized spacial score (nSPS) is 14.6. The molecular formula is C27H23F3N6O2S. The van der Waals surface area contributed by atoms with Crippen LogP contribution in [-0.4, -0.2) is 49.5 Å². The van der Waals surface area contributed by atoms with Gasteiger partial charge in [0.2, 0.25) is 0 Å². The zero-order valence-electron chi connectivity index (χ0n) is 20.9. The molecule has 1 N–H and O–H groups in total. The van der Waals surface area contributed by atoms with Crippen molar-refractivity contribution < 1.29 is 22.7 Å². The number of rotatable bonds is 5. The van der Waals surface area contributed by atoms with E-state index in [0.29, 0.717) is 34.5 Å². The third-order valence-corrected chi connectivity index (χ3v) is 6.85. The first-order valence-electron chi connectivity index (χ1n) is 11.9. The van der Waals surface area contributed by atoms with Crippen LogP contribution in [-0.2, 0) is 0 Å². The second-order valence-electron chi connectivity index (χ2n) is 8.70. The summed E-state index contributed by atoms with van der Waals surface area (Å²) >= 11 is 1.54. The molecule has 39 heavy (non-hydrogen) atoms. The van der Waals surface area contributed by atoms with Gasteiger partial charge in [-0.05, 0) is 73.5 Å². The summed E-state index contributed by atoms with van der Waals surface area (Å²) < 4.78 is 42.5. The maximum absolute atomic E-state index is 13.0. The van der Waals surface area contributed by atoms with E-state index in [-0.39, 0.29) is 11.8 Å². The quantitative estimate of drug-likeness (QED) is 0.297. The average Bonchev–Trinajstić information content (AvgIpc) is 3.57. The van der Waals surface area contributed by atoms with Gasteiger partial charge in [-0.2, -0.15) is 0 Å². The number of benzene rings is 3. The molecule has 0 atom stereocenters. The van der Waals surface area contributed by atoms with Gasteiger partial charge in [-0.15, -0.1) is 18.3 Å². The van der Waals surface area contributed by atoms with Crippen LogP contribution in [0.15, 0.2) is 78.0 Å². The molecule has 4 aromatic rings. The van der Waals surface area contributed by atoms with Crippen molar-refractivity contribution in [1.29, 1.82) is 0 Å². The van der Waals surface area contributed by atoms with E-state index in [2.05, 4.69) is 20.1 Å². The summed E-state index contributed by atoms with van der Waals surface area (Å²) in [6, 6.07) is 18.1. The second kappa shape index (κ2) is 10.8. The number of hydrogen-bond acceptors (Lipinski definition) is 6. The lowest BCUT2D eigenvalue weighted by Crippen LogP contribution is -2.35. The highest BCUT2D eigenvalue weighted by molar-refractivity contribution is 8.14. The predicted molar refractivity (Wildman–Crippen MR) is 145 cm³/mol. The van der Waals surface area contributed by atoms with Gasteiger partial charge < -0.3 is 10.1 Å². The topological polar surface area (TPSA) is 84.6 Å². The number of hydrogen-bond donors (Lipinski definition) is 1. The van der Waals surface area contributed by atoms with Gasteiger partial charge in [0.1, 0.15) is 12.1 Å². The minimum absolute atomic E-state index is 0.266. The van der Waals surface area contributed by atoms with Crippen molar-refractivity contribution in [2.45, 2.75) is 20.2 Å². The minimum Gasteiger partial charge on any atom is -0.406 e. The fourth-order valence-corrected chi connectivity index (χ4v) is 4.92. The van der Waals surface area contributed by atoms with Crippen molar-refractivity contribution in [1.82, 2.24) is 19.7 Å². The van der Waals surface area contributed by atoms with Crippen LogP contribution in [0.25, 0.3) is 17.1 Å². The SMILES string of the molecule is Cc1cccc(C)c1/N=C1\SCCN1C(=O)Nc1ccc(-c2ncn(-c3ccc(OC(F)(F)F)cc3)n2)cc1. The fourth-order valence-electron chi connectivity index (χ4n) is 3.97. The van der Waals surface area contributed by atoms with Crippen LogP contribution < -0.4 is 10.1 Å². The van der Waals surface area contributed by atoms with E-state index in [9.17, 15) is 18.0 Å². The number of aryl methyl sites for hydroxylation is 2. The van der Waals surface area contributed by atoms with Crippen molar-refractivity contribution in [3.05, 3.63) is 84.2 Å². The number of alkyl halides is 3. The molecule has 200 valence electrons. The Morgan fingerprint density at radius 1 is 1.03 bits per heavy atom. The first kappa shape index (κ1) is 26.3. The molecule has 1 aliphatic heterocycles. The number of thioether (sulfide) groups is 1. The number of anilines is 1. The fraction of sp³-hybridized carbons (Fsp3) is 0.185. The Morgan fingerprint density at radius 2 is 1.72 bits per heavy atom. The molecular weight excluding hydrogens is 529 g/mol. The van der Waals surface area contributed by atoms with Gasteiger partial charge >= 0.3 is 12.4 Å². The maximum Gasteiger partial charge on any atom is 0.573 e. The summed E-state index contributed by atoms with van der Waals surface area (Å²) in [7, 11) is 0. The van der Waals surface area contributed by atoms with Crippen LogP contribution in [0.1, 0.15) is 11.1 Å². The number of urea groups is 1. The van der Waals surface area contributed by atoms with Crippen molar-refractivity contribution in [3.8, 4) is 22.8 Å². The van der Waals surface area contributed by atoms with Crippen molar-refractivity contribution in [2.75, 3.05) is 17.6 Å². The number of nitrogens with zero attached hydrogens (tertiary/aromatic N) is 5. The van der Waals surface area contributed by atoms with E-state index >= 15 is 0 Å². The van der Waals surface area contributed by atoms with Crippen LogP contribution in [0.5, 0.6) is 5.75 Å². The Hall–Kier alpha value is -4.32. The number of para-hydroxylation sites is 1. The lowest BCUT2D eigenvalue weighted by atomic mass is 10.1. The molecule has 1 aromatic heterocycles. The van der Waals surface area contributed by atoms with Crippen LogP contribution in [0, 0.1) is 13.8 Å². The lowest BCUT2D eigenvalue weighted by molar-refractivity contribution is -0.274. The van der Waals surface area contributed by atoms with Crippen LogP contribution in [0.3, 0.4) is 0 Å². The first-order valence-corrected chi connectivity index (χ1v) is 12.9. The molecule has 3 aromatic carbocycles. The van der Waals surface area contributed by atoms with E-state index in [0.717, 1.165) is 22.6 Å². The smallest absolute Gasteiger partial charge is 0.406 e. The number of aliphatic imine (C=N–C) groups is 1. The molecule has 0 radical (unpaired) electrons. The molecule has 2 amide bonds. The Labute approximate surface area is 226 Å². The molecule has 0 unspecified atom stereocenters. The van der Waals surface area contributed by atoms with Gasteiger partial charge in [0.05, 0.1) is 11.4 Å². The summed E-state index contributed by atoms with van der Waals surface area (Å²) in [6.07, 6.45) is -3.29. The third-order valence-electron chi connectivity index (χ3n) is 5.89. The maximum atomic E-state index is 13.0. The summed E-state index contributed by atoms with van der Waals surface area (Å²) in [6.45, 7) is 4.56. The number of amidine groups is 1. The van der Waals surface area contributed by atoms with Gasteiger partial charge in [0.15, 0.2) is 11.0 Å². The molecule has 0 spiro atoms. The molecule has 5 rings (SSSR count). The molecule has 1 aliphatic rings. The van der Waals surface area contributed by atoms with E-state index in [1.807, 2.05) is 32.0 Å². The molecule has 1 saturated heterocycles. The minimum atomic E-state index is -4.75. The van der Waals surface area contributed by atoms with Gasteiger partial charge in [-0.25, -0.2) is 19.5 Å². The highest BCUT2D eigenvalue weighted by Crippen LogP contribution is 2.29. The molecule has 0 aliphatic carbocycles. The summed E-state index contributed by atoms with van der Waals surface area (Å²) in [5, 5.41) is 7.98. The van der Waals surface area contributed by atoms with Gasteiger partial charge in [-0.1, -0.05) is 30.0 Å². The van der Waals surface area contributed by atoms with E-state index in [4.69, 9.17) is 4.99 Å². The monoisotopic (exact) mass is 552 g/mol. The Kier molecular flexibility index (Phi) is 7.29. The standard InChI is InChI=1S/C27H23F3N6O2S/c1-17-4-3-5-18(2)23(17)33-26-35(14-15-39-26)25(37)32-20-8-6-19(7-9-20)24-31-16-36(34-24)21-10-12-22(13-11-21)38-27(28,29)30/h3-13,16H,14-15H2,1-2H3,(H,32,37)/b33-26-. The van der Waals surface area contributed by atoms with Crippen molar-refractivity contribution in [3.63, 3.8) is 0 Å². The first-order chi connectivity index (χ1) is 18.7. The number of amides is 2. The van der Waals surface area contributed by atoms with Crippen molar-refractivity contribution >= 4 is 34.3 Å². The Bertz CT molecular complexity index is 1500. The van der Waals surface area contributed by atoms with Crippen LogP contribution in [0.2, 0.25) is 0 Å². The average molecular weight is 553 g/mol. The molecule has 12 heteroatoms. The zero-order valence-corrected chi connectivity index (χ0v) is 21.8. The van der Waals surface area contributed by atoms with Crippen molar-refractivity contribution in [2.24, 2.45) is 4.99 Å². The van der Waals surface area contributed by atoms with Crippen LogP contribution >= 0.6 is 11.8 Å². The number of halogens is 3. The predicted octanol–water partition coefficient (Wildman–Crippen LogP) is 6.72. The summed E-state index contributed by atoms with van der Waals surface area (Å²) in [5.74, 6) is 0.866. The summed E-state index contributed by atoms with van der Waals surface area (Å²) in [5.41, 5.74) is 4.81. The van der Waals surface area contributed by atoms with E-state index < -0.39 is 6.36 Å². The molecule has 8 nitrogen and oxygen atoms in total. The second-order valence-corrected chi connectivity index (χ2v) is 9.76. The molecule has 0 saturated carbocycles.